The van der Waals surface area contributed by atoms with Crippen LogP contribution >= 0.6 is 0 Å². The van der Waals surface area contributed by atoms with Crippen molar-refractivity contribution in [3.8, 4) is 11.5 Å². The molecule has 0 amide bonds. The average Bonchev–Trinajstić information content (AvgIpc) is 2.98. The molecular formula is C19H20O3. The zero-order valence-electron chi connectivity index (χ0n) is 13.0. The Morgan fingerprint density at radius 1 is 1.00 bits per heavy atom. The lowest BCUT2D eigenvalue weighted by Gasteiger charge is -2.31. The van der Waals surface area contributed by atoms with E-state index in [9.17, 15) is 4.79 Å². The second-order valence-corrected chi connectivity index (χ2v) is 5.73. The maximum atomic E-state index is 12.1. The van der Waals surface area contributed by atoms with Gasteiger partial charge >= 0.3 is 0 Å². The van der Waals surface area contributed by atoms with Crippen LogP contribution in [0, 0.1) is 0 Å². The summed E-state index contributed by atoms with van der Waals surface area (Å²) in [4.78, 5) is 12.1. The third-order valence-electron chi connectivity index (χ3n) is 4.58. The first-order valence-corrected chi connectivity index (χ1v) is 7.49. The molecule has 1 saturated carbocycles. The van der Waals surface area contributed by atoms with Gasteiger partial charge in [0.05, 0.1) is 14.2 Å². The number of rotatable bonds is 4. The van der Waals surface area contributed by atoms with E-state index in [-0.39, 0.29) is 5.41 Å². The predicted octanol–water partition coefficient (Wildman–Crippen LogP) is 3.74. The molecule has 3 rings (SSSR count). The van der Waals surface area contributed by atoms with Gasteiger partial charge in [-0.05, 0) is 30.2 Å². The highest BCUT2D eigenvalue weighted by Gasteiger charge is 2.43. The van der Waals surface area contributed by atoms with Gasteiger partial charge in [-0.15, -0.1) is 0 Å². The van der Waals surface area contributed by atoms with Gasteiger partial charge in [0.25, 0.3) is 0 Å². The number of Topliss-reactive ketones (excluding diaryl/α,β-unsaturated/α-hetero) is 1. The van der Waals surface area contributed by atoms with Gasteiger partial charge in [-0.25, -0.2) is 0 Å². The zero-order valence-corrected chi connectivity index (χ0v) is 13.0. The minimum Gasteiger partial charge on any atom is -0.497 e. The van der Waals surface area contributed by atoms with E-state index in [1.165, 1.54) is 0 Å². The lowest BCUT2D eigenvalue weighted by molar-refractivity contribution is -0.117. The fourth-order valence-corrected chi connectivity index (χ4v) is 3.44. The van der Waals surface area contributed by atoms with Gasteiger partial charge < -0.3 is 9.47 Å². The molecule has 0 N–H and O–H groups in total. The number of hydrogen-bond donors (Lipinski definition) is 0. The second-order valence-electron chi connectivity index (χ2n) is 5.73. The minimum absolute atomic E-state index is 0.300. The molecule has 114 valence electrons. The lowest BCUT2D eigenvalue weighted by atomic mass is 9.72. The van der Waals surface area contributed by atoms with Gasteiger partial charge in [0.2, 0.25) is 0 Å². The van der Waals surface area contributed by atoms with Crippen molar-refractivity contribution in [2.24, 2.45) is 0 Å². The van der Waals surface area contributed by atoms with E-state index in [0.717, 1.165) is 29.0 Å². The third kappa shape index (κ3) is 2.37. The van der Waals surface area contributed by atoms with Crippen molar-refractivity contribution in [2.45, 2.75) is 24.7 Å². The normalized spacial score (nSPS) is 20.9. The van der Waals surface area contributed by atoms with Crippen LogP contribution in [-0.4, -0.2) is 20.0 Å². The first kappa shape index (κ1) is 14.6. The SMILES string of the molecule is COc1ccc(OC)c(C2(c3ccccc3)CCC(=O)C2)c1. The van der Waals surface area contributed by atoms with Crippen LogP contribution in [-0.2, 0) is 10.2 Å². The summed E-state index contributed by atoms with van der Waals surface area (Å²) in [7, 11) is 3.32. The molecule has 3 heteroatoms. The average molecular weight is 296 g/mol. The fraction of sp³-hybridized carbons (Fsp3) is 0.316. The highest BCUT2D eigenvalue weighted by molar-refractivity contribution is 5.84. The summed E-state index contributed by atoms with van der Waals surface area (Å²) in [5.41, 5.74) is 1.87. The fourth-order valence-electron chi connectivity index (χ4n) is 3.44. The van der Waals surface area contributed by atoms with Gasteiger partial charge in [0.15, 0.2) is 0 Å². The van der Waals surface area contributed by atoms with E-state index < -0.39 is 0 Å². The molecule has 2 aromatic carbocycles. The summed E-state index contributed by atoms with van der Waals surface area (Å²) in [5, 5.41) is 0. The van der Waals surface area contributed by atoms with E-state index in [2.05, 4.69) is 12.1 Å². The van der Waals surface area contributed by atoms with Gasteiger partial charge in [-0.1, -0.05) is 30.3 Å². The molecule has 2 aromatic rings. The zero-order chi connectivity index (χ0) is 15.6. The molecule has 0 heterocycles. The minimum atomic E-state index is -0.321. The summed E-state index contributed by atoms with van der Waals surface area (Å²) in [6.07, 6.45) is 1.93. The van der Waals surface area contributed by atoms with Crippen LogP contribution in [0.25, 0.3) is 0 Å². The molecule has 1 aliphatic rings. The molecule has 1 unspecified atom stereocenters. The standard InChI is InChI=1S/C19H20O3/c1-21-16-8-9-18(22-2)17(12-16)19(11-10-15(20)13-19)14-6-4-3-5-7-14/h3-9,12H,10-11,13H2,1-2H3. The van der Waals surface area contributed by atoms with Crippen LogP contribution in [0.5, 0.6) is 11.5 Å². The third-order valence-corrected chi connectivity index (χ3v) is 4.58. The molecule has 22 heavy (non-hydrogen) atoms. The molecule has 0 bridgehead atoms. The van der Waals surface area contributed by atoms with Crippen molar-refractivity contribution >= 4 is 5.78 Å². The molecule has 1 fully saturated rings. The van der Waals surface area contributed by atoms with E-state index in [1.807, 2.05) is 36.4 Å². The molecule has 0 saturated heterocycles. The van der Waals surface area contributed by atoms with Gasteiger partial charge in [0, 0.05) is 23.8 Å². The number of ketones is 1. The Kier molecular flexibility index (Phi) is 3.88. The number of methoxy groups -OCH3 is 2. The van der Waals surface area contributed by atoms with Crippen LogP contribution in [0.15, 0.2) is 48.5 Å². The van der Waals surface area contributed by atoms with Crippen LogP contribution in [0.1, 0.15) is 30.4 Å². The molecule has 1 atom stereocenters. The van der Waals surface area contributed by atoms with E-state index >= 15 is 0 Å². The Morgan fingerprint density at radius 2 is 1.77 bits per heavy atom. The number of carbonyl (C=O) groups excluding carboxylic acids is 1. The highest BCUT2D eigenvalue weighted by Crippen LogP contribution is 2.48. The van der Waals surface area contributed by atoms with E-state index in [1.54, 1.807) is 14.2 Å². The van der Waals surface area contributed by atoms with Crippen LogP contribution in [0.4, 0.5) is 0 Å². The van der Waals surface area contributed by atoms with Gasteiger partial charge in [0.1, 0.15) is 17.3 Å². The monoisotopic (exact) mass is 296 g/mol. The summed E-state index contributed by atoms with van der Waals surface area (Å²) < 4.78 is 11.0. The van der Waals surface area contributed by atoms with Crippen LogP contribution < -0.4 is 9.47 Å². The smallest absolute Gasteiger partial charge is 0.134 e. The number of ether oxygens (including phenoxy) is 2. The Balaban J connectivity index is 2.21. The maximum absolute atomic E-state index is 12.1. The van der Waals surface area contributed by atoms with Crippen molar-refractivity contribution in [1.82, 2.24) is 0 Å². The molecule has 1 aliphatic carbocycles. The summed E-state index contributed by atoms with van der Waals surface area (Å²) in [6, 6.07) is 16.0. The first-order valence-electron chi connectivity index (χ1n) is 7.49. The highest BCUT2D eigenvalue weighted by atomic mass is 16.5. The lowest BCUT2D eigenvalue weighted by Crippen LogP contribution is -2.25. The van der Waals surface area contributed by atoms with Crippen LogP contribution in [0.2, 0.25) is 0 Å². The van der Waals surface area contributed by atoms with E-state index in [4.69, 9.17) is 9.47 Å². The van der Waals surface area contributed by atoms with Gasteiger partial charge in [-0.2, -0.15) is 0 Å². The first-order chi connectivity index (χ1) is 10.7. The van der Waals surface area contributed by atoms with E-state index in [0.29, 0.717) is 18.6 Å². The van der Waals surface area contributed by atoms with Crippen molar-refractivity contribution < 1.29 is 14.3 Å². The Hall–Kier alpha value is -2.29. The maximum Gasteiger partial charge on any atom is 0.134 e. The molecular weight excluding hydrogens is 276 g/mol. The molecule has 3 nitrogen and oxygen atoms in total. The summed E-state index contributed by atoms with van der Waals surface area (Å²) >= 11 is 0. The Morgan fingerprint density at radius 3 is 2.36 bits per heavy atom. The molecule has 0 radical (unpaired) electrons. The molecule has 0 spiro atoms. The molecule has 0 aliphatic heterocycles. The number of hydrogen-bond acceptors (Lipinski definition) is 3. The van der Waals surface area contributed by atoms with Crippen molar-refractivity contribution in [3.63, 3.8) is 0 Å². The number of benzene rings is 2. The Labute approximate surface area is 130 Å². The summed E-state index contributed by atoms with van der Waals surface area (Å²) in [5.74, 6) is 1.89. The predicted molar refractivity (Wildman–Crippen MR) is 85.6 cm³/mol. The van der Waals surface area contributed by atoms with Crippen molar-refractivity contribution in [3.05, 3.63) is 59.7 Å². The van der Waals surface area contributed by atoms with Gasteiger partial charge in [-0.3, -0.25) is 4.79 Å². The Bertz CT molecular complexity index is 678. The van der Waals surface area contributed by atoms with Crippen molar-refractivity contribution in [2.75, 3.05) is 14.2 Å². The topological polar surface area (TPSA) is 35.5 Å². The van der Waals surface area contributed by atoms with Crippen LogP contribution in [0.3, 0.4) is 0 Å². The second kappa shape index (κ2) is 5.84. The van der Waals surface area contributed by atoms with Crippen molar-refractivity contribution in [1.29, 1.82) is 0 Å². The number of carbonyl (C=O) groups is 1. The molecule has 0 aromatic heterocycles. The summed E-state index contributed by atoms with van der Waals surface area (Å²) in [6.45, 7) is 0. The largest absolute Gasteiger partial charge is 0.497 e. The quantitative estimate of drug-likeness (QED) is 0.862.